The molecule has 0 saturated carbocycles. The summed E-state index contributed by atoms with van der Waals surface area (Å²) in [6.45, 7) is 1.50. The first-order chi connectivity index (χ1) is 15.7. The van der Waals surface area contributed by atoms with Gasteiger partial charge in [0.15, 0.2) is 5.69 Å². The summed E-state index contributed by atoms with van der Waals surface area (Å²) in [5, 5.41) is 3.24. The van der Waals surface area contributed by atoms with E-state index >= 15 is 0 Å². The fraction of sp³-hybridized carbons (Fsp3) is 0.304. The molecule has 33 heavy (non-hydrogen) atoms. The van der Waals surface area contributed by atoms with E-state index in [1.807, 2.05) is 17.0 Å². The number of oxazole rings is 1. The lowest BCUT2D eigenvalue weighted by molar-refractivity contribution is -0.137. The summed E-state index contributed by atoms with van der Waals surface area (Å²) in [7, 11) is 1.53. The summed E-state index contributed by atoms with van der Waals surface area (Å²) in [4.78, 5) is 18.2. The molecule has 1 amide bonds. The maximum absolute atomic E-state index is 13.1. The molecule has 0 spiro atoms. The Morgan fingerprint density at radius 3 is 2.55 bits per heavy atom. The Labute approximate surface area is 194 Å². The van der Waals surface area contributed by atoms with E-state index in [0.717, 1.165) is 17.7 Å². The third-order valence-corrected chi connectivity index (χ3v) is 4.97. The lowest BCUT2D eigenvalue weighted by Gasteiger charge is -2.21. The molecule has 0 radical (unpaired) electrons. The van der Waals surface area contributed by atoms with Crippen LogP contribution in [0.1, 0.15) is 33.1 Å². The zero-order chi connectivity index (χ0) is 23.8. The Kier molecular flexibility index (Phi) is 8.49. The number of alkyl halides is 3. The average Bonchev–Trinajstić information content (AvgIpc) is 3.23. The zero-order valence-electron chi connectivity index (χ0n) is 17.9. The van der Waals surface area contributed by atoms with Crippen molar-refractivity contribution in [3.05, 3.63) is 88.1 Å². The van der Waals surface area contributed by atoms with E-state index in [-0.39, 0.29) is 24.7 Å². The first-order valence-electron chi connectivity index (χ1n) is 10.1. The number of halogens is 4. The van der Waals surface area contributed by atoms with E-state index in [0.29, 0.717) is 30.3 Å². The molecule has 1 aromatic heterocycles. The Morgan fingerprint density at radius 1 is 1.12 bits per heavy atom. The summed E-state index contributed by atoms with van der Waals surface area (Å²) in [6.07, 6.45) is -3.17. The van der Waals surface area contributed by atoms with E-state index in [1.165, 1.54) is 19.4 Å². The number of methoxy groups -OCH3 is 1. The van der Waals surface area contributed by atoms with Crippen molar-refractivity contribution in [2.45, 2.75) is 25.8 Å². The number of ether oxygens (including phenoxy) is 1. The molecular weight excluding hydrogens is 459 g/mol. The van der Waals surface area contributed by atoms with Crippen LogP contribution in [0.5, 0.6) is 0 Å². The molecule has 0 aliphatic carbocycles. The van der Waals surface area contributed by atoms with Crippen LogP contribution < -0.4 is 5.32 Å². The van der Waals surface area contributed by atoms with Crippen molar-refractivity contribution < 1.29 is 27.1 Å². The monoisotopic (exact) mass is 481 g/mol. The van der Waals surface area contributed by atoms with E-state index in [4.69, 9.17) is 20.8 Å². The number of rotatable bonds is 10. The van der Waals surface area contributed by atoms with Gasteiger partial charge in [-0.3, -0.25) is 9.69 Å². The second kappa shape index (κ2) is 11.3. The summed E-state index contributed by atoms with van der Waals surface area (Å²) >= 11 is 5.95. The number of hydrogen-bond acceptors (Lipinski definition) is 5. The average molecular weight is 482 g/mol. The molecule has 0 aliphatic heterocycles. The Hall–Kier alpha value is -2.88. The highest BCUT2D eigenvalue weighted by Crippen LogP contribution is 2.30. The molecule has 3 rings (SSSR count). The first-order valence-corrected chi connectivity index (χ1v) is 10.5. The highest BCUT2D eigenvalue weighted by molar-refractivity contribution is 6.30. The van der Waals surface area contributed by atoms with Crippen LogP contribution in [0.15, 0.2) is 59.2 Å². The number of nitrogens with zero attached hydrogens (tertiary/aromatic N) is 2. The quantitative estimate of drug-likeness (QED) is 0.416. The Morgan fingerprint density at radius 2 is 1.85 bits per heavy atom. The van der Waals surface area contributed by atoms with Crippen LogP contribution in [0.4, 0.5) is 13.2 Å². The van der Waals surface area contributed by atoms with Gasteiger partial charge in [0.2, 0.25) is 5.89 Å². The molecule has 1 N–H and O–H groups in total. The maximum atomic E-state index is 13.1. The van der Waals surface area contributed by atoms with Crippen LogP contribution in [-0.2, 0) is 30.5 Å². The smallest absolute Gasteiger partial charge is 0.416 e. The summed E-state index contributed by atoms with van der Waals surface area (Å²) in [5.74, 6) is -0.128. The minimum atomic E-state index is -4.43. The van der Waals surface area contributed by atoms with Gasteiger partial charge in [0.1, 0.15) is 6.26 Å². The van der Waals surface area contributed by atoms with Crippen molar-refractivity contribution in [3.63, 3.8) is 0 Å². The Balaban J connectivity index is 1.76. The van der Waals surface area contributed by atoms with E-state index in [2.05, 4.69) is 10.3 Å². The van der Waals surface area contributed by atoms with E-state index < -0.39 is 17.6 Å². The summed E-state index contributed by atoms with van der Waals surface area (Å²) in [6, 6.07) is 12.3. The molecule has 0 bridgehead atoms. The SMILES string of the molecule is COCCNC(=O)c1coc(CN(Cc2ccc(Cl)cc2)Cc2cccc(C(F)(F)F)c2)n1. The second-order valence-electron chi connectivity index (χ2n) is 7.34. The zero-order valence-corrected chi connectivity index (χ0v) is 18.6. The standard InChI is InChI=1S/C23H23ClF3N3O3/c1-32-10-9-28-22(31)20-15-33-21(29-20)14-30(12-16-5-7-19(24)8-6-16)13-17-3-2-4-18(11-17)23(25,26)27/h2-8,11,15H,9-10,12-14H2,1H3,(H,28,31). The molecule has 1 heterocycles. The van der Waals surface area contributed by atoms with Crippen LogP contribution >= 0.6 is 11.6 Å². The van der Waals surface area contributed by atoms with Crippen molar-refractivity contribution in [2.75, 3.05) is 20.3 Å². The van der Waals surface area contributed by atoms with Crippen LogP contribution in [0.25, 0.3) is 0 Å². The summed E-state index contributed by atoms with van der Waals surface area (Å²) < 4.78 is 49.7. The number of carbonyl (C=O) groups is 1. The van der Waals surface area contributed by atoms with Gasteiger partial charge in [-0.05, 0) is 29.3 Å². The number of nitrogens with one attached hydrogen (secondary N) is 1. The normalized spacial score (nSPS) is 11.7. The second-order valence-corrected chi connectivity index (χ2v) is 7.78. The van der Waals surface area contributed by atoms with Gasteiger partial charge >= 0.3 is 6.18 Å². The molecule has 0 aliphatic rings. The van der Waals surface area contributed by atoms with Crippen molar-refractivity contribution in [1.29, 1.82) is 0 Å². The molecule has 176 valence electrons. The van der Waals surface area contributed by atoms with E-state index in [9.17, 15) is 18.0 Å². The number of carbonyl (C=O) groups excluding carboxylic acids is 1. The number of hydrogen-bond donors (Lipinski definition) is 1. The minimum Gasteiger partial charge on any atom is -0.447 e. The molecule has 2 aromatic carbocycles. The summed E-state index contributed by atoms with van der Waals surface area (Å²) in [5.41, 5.74) is 0.808. The largest absolute Gasteiger partial charge is 0.447 e. The molecule has 6 nitrogen and oxygen atoms in total. The van der Waals surface area contributed by atoms with Gasteiger partial charge in [-0.15, -0.1) is 0 Å². The number of aromatic nitrogens is 1. The minimum absolute atomic E-state index is 0.117. The molecule has 0 unspecified atom stereocenters. The van der Waals surface area contributed by atoms with Gasteiger partial charge in [0, 0.05) is 31.8 Å². The molecule has 0 fully saturated rings. The van der Waals surface area contributed by atoms with Gasteiger partial charge < -0.3 is 14.5 Å². The van der Waals surface area contributed by atoms with Gasteiger partial charge in [-0.2, -0.15) is 13.2 Å². The van der Waals surface area contributed by atoms with E-state index in [1.54, 1.807) is 18.2 Å². The van der Waals surface area contributed by atoms with Crippen LogP contribution in [0, 0.1) is 0 Å². The van der Waals surface area contributed by atoms with Crippen LogP contribution in [-0.4, -0.2) is 36.1 Å². The molecule has 0 saturated heterocycles. The van der Waals surface area contributed by atoms with Crippen molar-refractivity contribution in [2.24, 2.45) is 0 Å². The van der Waals surface area contributed by atoms with Crippen LogP contribution in [0.3, 0.4) is 0 Å². The predicted octanol–water partition coefficient (Wildman–Crippen LogP) is 4.93. The highest BCUT2D eigenvalue weighted by atomic mass is 35.5. The highest BCUT2D eigenvalue weighted by Gasteiger charge is 2.30. The molecule has 3 aromatic rings. The van der Waals surface area contributed by atoms with Crippen LogP contribution in [0.2, 0.25) is 5.02 Å². The fourth-order valence-corrected chi connectivity index (χ4v) is 3.28. The van der Waals surface area contributed by atoms with Gasteiger partial charge in [0.05, 0.1) is 18.7 Å². The van der Waals surface area contributed by atoms with Crippen molar-refractivity contribution >= 4 is 17.5 Å². The number of benzene rings is 2. The third kappa shape index (κ3) is 7.59. The van der Waals surface area contributed by atoms with Crippen molar-refractivity contribution in [1.82, 2.24) is 15.2 Å². The molecule has 10 heteroatoms. The van der Waals surface area contributed by atoms with Gasteiger partial charge in [0.25, 0.3) is 5.91 Å². The third-order valence-electron chi connectivity index (χ3n) is 4.71. The lowest BCUT2D eigenvalue weighted by atomic mass is 10.1. The molecular formula is C23H23ClF3N3O3. The van der Waals surface area contributed by atoms with Gasteiger partial charge in [-0.1, -0.05) is 41.9 Å². The molecule has 0 atom stereocenters. The Bertz CT molecular complexity index is 1050. The van der Waals surface area contributed by atoms with Gasteiger partial charge in [-0.25, -0.2) is 4.98 Å². The number of amides is 1. The van der Waals surface area contributed by atoms with Crippen molar-refractivity contribution in [3.8, 4) is 0 Å². The lowest BCUT2D eigenvalue weighted by Crippen LogP contribution is -2.27. The first kappa shape index (κ1) is 24.8. The topological polar surface area (TPSA) is 67.6 Å². The maximum Gasteiger partial charge on any atom is 0.416 e. The fourth-order valence-electron chi connectivity index (χ4n) is 3.16. The predicted molar refractivity (Wildman–Crippen MR) is 117 cm³/mol.